The summed E-state index contributed by atoms with van der Waals surface area (Å²) in [5.74, 6) is -1.97. The monoisotopic (exact) mass is 217 g/mol. The average Bonchev–Trinajstić information content (AvgIpc) is 2.14. The van der Waals surface area contributed by atoms with Crippen LogP contribution < -0.4 is 0 Å². The predicted molar refractivity (Wildman–Crippen MR) is 45.4 cm³/mol. The maximum atomic E-state index is 13.0. The van der Waals surface area contributed by atoms with Gasteiger partial charge in [0.25, 0.3) is 0 Å². The lowest BCUT2D eigenvalue weighted by Gasteiger charge is -2.09. The van der Waals surface area contributed by atoms with Crippen molar-refractivity contribution in [2.24, 2.45) is 0 Å². The van der Waals surface area contributed by atoms with Crippen LogP contribution in [0.2, 0.25) is 0 Å². The third-order valence-electron chi connectivity index (χ3n) is 1.99. The van der Waals surface area contributed by atoms with Gasteiger partial charge in [-0.3, -0.25) is 0 Å². The summed E-state index contributed by atoms with van der Waals surface area (Å²) in [6.07, 6.45) is -4.70. The van der Waals surface area contributed by atoms with Crippen molar-refractivity contribution < 1.29 is 17.6 Å². The third-order valence-corrected chi connectivity index (χ3v) is 1.99. The molecule has 0 aliphatic rings. The molecule has 0 saturated heterocycles. The molecule has 0 aliphatic carbocycles. The van der Waals surface area contributed by atoms with Gasteiger partial charge in [0.1, 0.15) is 5.82 Å². The van der Waals surface area contributed by atoms with E-state index in [2.05, 4.69) is 0 Å². The summed E-state index contributed by atoms with van der Waals surface area (Å²) in [5.41, 5.74) is -1.07. The molecule has 1 aromatic rings. The molecule has 80 valence electrons. The number of halogens is 4. The Morgan fingerprint density at radius 3 is 2.33 bits per heavy atom. The molecule has 0 radical (unpaired) electrons. The Labute approximate surface area is 83.9 Å². The molecule has 1 unspecified atom stereocenters. The van der Waals surface area contributed by atoms with Gasteiger partial charge in [-0.15, -0.1) is 0 Å². The molecule has 1 nitrogen and oxygen atoms in total. The molecule has 1 atom stereocenters. The number of alkyl halides is 3. The Morgan fingerprint density at radius 1 is 1.33 bits per heavy atom. The third kappa shape index (κ3) is 2.46. The Morgan fingerprint density at radius 2 is 1.93 bits per heavy atom. The number of hydrogen-bond donors (Lipinski definition) is 0. The number of nitriles is 1. The molecule has 0 heterocycles. The van der Waals surface area contributed by atoms with E-state index in [1.54, 1.807) is 0 Å². The Hall–Kier alpha value is -1.57. The first kappa shape index (κ1) is 11.5. The van der Waals surface area contributed by atoms with E-state index in [1.807, 2.05) is 6.07 Å². The minimum absolute atomic E-state index is 0.239. The van der Waals surface area contributed by atoms with E-state index in [0.717, 1.165) is 12.1 Å². The summed E-state index contributed by atoms with van der Waals surface area (Å²) in [7, 11) is 0. The molecule has 0 N–H and O–H groups in total. The van der Waals surface area contributed by atoms with Crippen LogP contribution in [-0.2, 0) is 6.18 Å². The van der Waals surface area contributed by atoms with Gasteiger partial charge in [0.15, 0.2) is 0 Å². The van der Waals surface area contributed by atoms with Gasteiger partial charge >= 0.3 is 6.18 Å². The minimum Gasteiger partial charge on any atom is -0.206 e. The lowest BCUT2D eigenvalue weighted by molar-refractivity contribution is -0.140. The van der Waals surface area contributed by atoms with Gasteiger partial charge in [-0.1, -0.05) is 6.07 Å². The fourth-order valence-corrected chi connectivity index (χ4v) is 1.11. The smallest absolute Gasteiger partial charge is 0.206 e. The molecule has 0 fully saturated rings. The standard InChI is InChI=1S/C10H7F4N/c1-6(5-15)7-2-3-8(9(11)4-7)10(12,13)14/h2-4,6H,1H3. The van der Waals surface area contributed by atoms with E-state index in [9.17, 15) is 17.6 Å². The van der Waals surface area contributed by atoms with Crippen LogP contribution >= 0.6 is 0 Å². The van der Waals surface area contributed by atoms with Gasteiger partial charge < -0.3 is 0 Å². The quantitative estimate of drug-likeness (QED) is 0.660. The van der Waals surface area contributed by atoms with Gasteiger partial charge in [0.05, 0.1) is 17.6 Å². The van der Waals surface area contributed by atoms with Gasteiger partial charge in [-0.25, -0.2) is 4.39 Å². The fourth-order valence-electron chi connectivity index (χ4n) is 1.11. The molecule has 0 spiro atoms. The van der Waals surface area contributed by atoms with Crippen molar-refractivity contribution in [1.29, 1.82) is 5.26 Å². The Balaban J connectivity index is 3.16. The van der Waals surface area contributed by atoms with Crippen LogP contribution in [0.25, 0.3) is 0 Å². The zero-order valence-corrected chi connectivity index (χ0v) is 7.77. The molecule has 0 bridgehead atoms. The van der Waals surface area contributed by atoms with Crippen LogP contribution in [-0.4, -0.2) is 0 Å². The summed E-state index contributed by atoms with van der Waals surface area (Å²) in [4.78, 5) is 0. The maximum Gasteiger partial charge on any atom is 0.419 e. The predicted octanol–water partition coefficient (Wildman–Crippen LogP) is 3.47. The molecular weight excluding hydrogens is 210 g/mol. The van der Waals surface area contributed by atoms with Crippen molar-refractivity contribution in [3.8, 4) is 6.07 Å². The first-order valence-electron chi connectivity index (χ1n) is 4.12. The van der Waals surface area contributed by atoms with Gasteiger partial charge in [0.2, 0.25) is 0 Å². The highest BCUT2D eigenvalue weighted by atomic mass is 19.4. The SMILES string of the molecule is CC(C#N)c1ccc(C(F)(F)F)c(F)c1. The lowest BCUT2D eigenvalue weighted by atomic mass is 10.0. The number of nitrogens with zero attached hydrogens (tertiary/aromatic N) is 1. The van der Waals surface area contributed by atoms with Crippen molar-refractivity contribution in [3.05, 3.63) is 35.1 Å². The van der Waals surface area contributed by atoms with Crippen LogP contribution in [0.4, 0.5) is 17.6 Å². The van der Waals surface area contributed by atoms with Gasteiger partial charge in [0, 0.05) is 0 Å². The summed E-state index contributed by atoms with van der Waals surface area (Å²) >= 11 is 0. The summed E-state index contributed by atoms with van der Waals surface area (Å²) in [5, 5.41) is 8.51. The van der Waals surface area contributed by atoms with Crippen molar-refractivity contribution in [2.45, 2.75) is 19.0 Å². The van der Waals surface area contributed by atoms with E-state index in [-0.39, 0.29) is 5.56 Å². The Kier molecular flexibility index (Phi) is 2.98. The van der Waals surface area contributed by atoms with Crippen LogP contribution in [0.5, 0.6) is 0 Å². The Bertz CT molecular complexity index is 403. The first-order chi connectivity index (χ1) is 6.86. The normalized spacial score (nSPS) is 13.3. The van der Waals surface area contributed by atoms with Crippen LogP contribution in [0.1, 0.15) is 24.0 Å². The molecule has 0 saturated carbocycles. The van der Waals surface area contributed by atoms with Crippen LogP contribution in [0.15, 0.2) is 18.2 Å². The summed E-state index contributed by atoms with van der Waals surface area (Å²) in [6, 6.07) is 4.33. The molecule has 0 aromatic heterocycles. The lowest BCUT2D eigenvalue weighted by Crippen LogP contribution is -2.08. The first-order valence-corrected chi connectivity index (χ1v) is 4.12. The van der Waals surface area contributed by atoms with Crippen molar-refractivity contribution in [1.82, 2.24) is 0 Å². The highest BCUT2D eigenvalue weighted by Gasteiger charge is 2.34. The molecule has 5 heteroatoms. The zero-order chi connectivity index (χ0) is 11.6. The largest absolute Gasteiger partial charge is 0.419 e. The van der Waals surface area contributed by atoms with Gasteiger partial charge in [-0.05, 0) is 24.6 Å². The molecule has 1 aromatic carbocycles. The van der Waals surface area contributed by atoms with Crippen LogP contribution in [0.3, 0.4) is 0 Å². The second kappa shape index (κ2) is 3.89. The number of rotatable bonds is 1. The van der Waals surface area contributed by atoms with Crippen molar-refractivity contribution in [2.75, 3.05) is 0 Å². The van der Waals surface area contributed by atoms with Crippen LogP contribution in [0, 0.1) is 17.1 Å². The zero-order valence-electron chi connectivity index (χ0n) is 7.77. The van der Waals surface area contributed by atoms with Gasteiger partial charge in [-0.2, -0.15) is 18.4 Å². The van der Waals surface area contributed by atoms with E-state index in [1.165, 1.54) is 6.92 Å². The van der Waals surface area contributed by atoms with Crippen molar-refractivity contribution in [3.63, 3.8) is 0 Å². The topological polar surface area (TPSA) is 23.8 Å². The minimum atomic E-state index is -4.70. The molecule has 0 amide bonds. The highest BCUT2D eigenvalue weighted by Crippen LogP contribution is 2.32. The fraction of sp³-hybridized carbons (Fsp3) is 0.300. The summed E-state index contributed by atoms with van der Waals surface area (Å²) in [6.45, 7) is 1.49. The molecule has 15 heavy (non-hydrogen) atoms. The summed E-state index contributed by atoms with van der Waals surface area (Å²) < 4.78 is 49.5. The second-order valence-electron chi connectivity index (χ2n) is 3.09. The van der Waals surface area contributed by atoms with E-state index >= 15 is 0 Å². The number of hydrogen-bond acceptors (Lipinski definition) is 1. The highest BCUT2D eigenvalue weighted by molar-refractivity contribution is 5.30. The van der Waals surface area contributed by atoms with E-state index in [0.29, 0.717) is 6.07 Å². The average molecular weight is 217 g/mol. The maximum absolute atomic E-state index is 13.0. The number of benzene rings is 1. The molecule has 1 rings (SSSR count). The van der Waals surface area contributed by atoms with E-state index < -0.39 is 23.5 Å². The second-order valence-corrected chi connectivity index (χ2v) is 3.09. The van der Waals surface area contributed by atoms with Crippen molar-refractivity contribution >= 4 is 0 Å². The molecular formula is C10H7F4N. The molecule has 0 aliphatic heterocycles. The van der Waals surface area contributed by atoms with E-state index in [4.69, 9.17) is 5.26 Å².